The normalized spacial score (nSPS) is 18.1. The van der Waals surface area contributed by atoms with Crippen LogP contribution in [0.25, 0.3) is 0 Å². The standard InChI is InChI=1S/C4H5N2O/c7-6-3-1-2-5-4-6/h1-3H,4H2/q-1. The molecule has 0 aliphatic carbocycles. The van der Waals surface area contributed by atoms with Gasteiger partial charge in [-0.1, -0.05) is 0 Å². The second kappa shape index (κ2) is 1.75. The van der Waals surface area contributed by atoms with Crippen molar-refractivity contribution in [3.63, 3.8) is 0 Å². The molecule has 3 nitrogen and oxygen atoms in total. The highest BCUT2D eigenvalue weighted by molar-refractivity contribution is 5.71. The van der Waals surface area contributed by atoms with E-state index in [1.165, 1.54) is 6.20 Å². The Bertz CT molecular complexity index is 108. The summed E-state index contributed by atoms with van der Waals surface area (Å²) in [6, 6.07) is 0. The van der Waals surface area contributed by atoms with Gasteiger partial charge in [0.25, 0.3) is 0 Å². The molecule has 3 heteroatoms. The topological polar surface area (TPSA) is 38.7 Å². The van der Waals surface area contributed by atoms with Crippen molar-refractivity contribution in [1.82, 2.24) is 5.06 Å². The highest BCUT2D eigenvalue weighted by atomic mass is 16.5. The lowest BCUT2D eigenvalue weighted by Gasteiger charge is -2.24. The summed E-state index contributed by atoms with van der Waals surface area (Å²) in [6.07, 6.45) is 4.65. The molecule has 0 saturated carbocycles. The molecule has 0 atom stereocenters. The van der Waals surface area contributed by atoms with Crippen molar-refractivity contribution in [2.45, 2.75) is 0 Å². The third-order valence-electron chi connectivity index (χ3n) is 0.665. The minimum atomic E-state index is 0.247. The van der Waals surface area contributed by atoms with Crippen LogP contribution in [0.3, 0.4) is 0 Å². The van der Waals surface area contributed by atoms with Crippen LogP contribution in [0.4, 0.5) is 0 Å². The summed E-state index contributed by atoms with van der Waals surface area (Å²) in [7, 11) is 0. The van der Waals surface area contributed by atoms with Crippen molar-refractivity contribution in [3.05, 3.63) is 17.5 Å². The molecule has 1 rings (SSSR count). The largest absolute Gasteiger partial charge is 0.757 e. The Morgan fingerprint density at radius 3 is 2.86 bits per heavy atom. The van der Waals surface area contributed by atoms with Crippen LogP contribution in [0.5, 0.6) is 0 Å². The van der Waals surface area contributed by atoms with Crippen LogP contribution in [0, 0.1) is 5.21 Å². The summed E-state index contributed by atoms with van der Waals surface area (Å²) in [5.41, 5.74) is 0. The highest BCUT2D eigenvalue weighted by Gasteiger charge is 1.80. The lowest BCUT2D eigenvalue weighted by molar-refractivity contribution is 0.524. The first-order chi connectivity index (χ1) is 3.39. The molecule has 0 bridgehead atoms. The maximum atomic E-state index is 10.2. The molecule has 0 N–H and O–H groups in total. The van der Waals surface area contributed by atoms with Gasteiger partial charge in [-0.05, 0) is 12.3 Å². The zero-order valence-corrected chi connectivity index (χ0v) is 3.74. The van der Waals surface area contributed by atoms with Crippen LogP contribution in [-0.4, -0.2) is 17.9 Å². The summed E-state index contributed by atoms with van der Waals surface area (Å²) >= 11 is 0. The summed E-state index contributed by atoms with van der Waals surface area (Å²) in [5, 5.41) is 10.9. The SMILES string of the molecule is [O-]N1C=CC=NC1. The third kappa shape index (κ3) is 1.01. The van der Waals surface area contributed by atoms with Crippen LogP contribution in [-0.2, 0) is 0 Å². The number of allylic oxidation sites excluding steroid dienone is 1. The summed E-state index contributed by atoms with van der Waals surface area (Å²) in [5.74, 6) is 0. The quantitative estimate of drug-likeness (QED) is 0.437. The summed E-state index contributed by atoms with van der Waals surface area (Å²) in [4.78, 5) is 3.66. The van der Waals surface area contributed by atoms with Gasteiger partial charge in [0.15, 0.2) is 0 Å². The molecular weight excluding hydrogens is 92.1 g/mol. The fourth-order valence-electron chi connectivity index (χ4n) is 0.370. The number of nitrogens with zero attached hydrogens (tertiary/aromatic N) is 2. The van der Waals surface area contributed by atoms with Gasteiger partial charge in [-0.15, -0.1) is 0 Å². The molecule has 1 aliphatic heterocycles. The van der Waals surface area contributed by atoms with E-state index < -0.39 is 0 Å². The van der Waals surface area contributed by atoms with Crippen LogP contribution >= 0.6 is 0 Å². The van der Waals surface area contributed by atoms with Crippen molar-refractivity contribution >= 4 is 6.21 Å². The Morgan fingerprint density at radius 1 is 1.71 bits per heavy atom. The van der Waals surface area contributed by atoms with E-state index in [-0.39, 0.29) is 6.67 Å². The van der Waals surface area contributed by atoms with E-state index in [4.69, 9.17) is 0 Å². The van der Waals surface area contributed by atoms with Gasteiger partial charge in [0.2, 0.25) is 0 Å². The Labute approximate surface area is 41.5 Å². The van der Waals surface area contributed by atoms with E-state index in [1.54, 1.807) is 12.3 Å². The first-order valence-electron chi connectivity index (χ1n) is 2.00. The summed E-state index contributed by atoms with van der Waals surface area (Å²) < 4.78 is 0. The van der Waals surface area contributed by atoms with Crippen molar-refractivity contribution in [2.75, 3.05) is 6.67 Å². The number of hydrogen-bond acceptors (Lipinski definition) is 3. The van der Waals surface area contributed by atoms with Crippen LogP contribution in [0.15, 0.2) is 17.3 Å². The van der Waals surface area contributed by atoms with Crippen LogP contribution < -0.4 is 0 Å². The fourth-order valence-corrected chi connectivity index (χ4v) is 0.370. The highest BCUT2D eigenvalue weighted by Crippen LogP contribution is 1.89. The fraction of sp³-hybridized carbons (Fsp3) is 0.250. The zero-order valence-electron chi connectivity index (χ0n) is 3.74. The van der Waals surface area contributed by atoms with Crippen LogP contribution in [0.1, 0.15) is 0 Å². The van der Waals surface area contributed by atoms with E-state index in [9.17, 15) is 5.21 Å². The predicted molar refractivity (Wildman–Crippen MR) is 27.7 cm³/mol. The minimum absolute atomic E-state index is 0.247. The second-order valence-electron chi connectivity index (χ2n) is 1.23. The molecule has 1 aliphatic rings. The molecule has 0 fully saturated rings. The van der Waals surface area contributed by atoms with Gasteiger partial charge < -0.3 is 10.3 Å². The van der Waals surface area contributed by atoms with Crippen molar-refractivity contribution in [3.8, 4) is 0 Å². The molecule has 0 amide bonds. The van der Waals surface area contributed by atoms with Gasteiger partial charge in [0.05, 0.1) is 6.67 Å². The van der Waals surface area contributed by atoms with Gasteiger partial charge in [0, 0.05) is 6.21 Å². The number of rotatable bonds is 0. The molecule has 38 valence electrons. The minimum Gasteiger partial charge on any atom is -0.757 e. The Balaban J connectivity index is 2.49. The summed E-state index contributed by atoms with van der Waals surface area (Å²) in [6.45, 7) is 0.247. The average molecular weight is 97.1 g/mol. The lowest BCUT2D eigenvalue weighted by atomic mass is 10.6. The second-order valence-corrected chi connectivity index (χ2v) is 1.23. The Hall–Kier alpha value is -0.830. The monoisotopic (exact) mass is 97.0 g/mol. The number of hydrogen-bond donors (Lipinski definition) is 0. The van der Waals surface area contributed by atoms with Crippen LogP contribution in [0.2, 0.25) is 0 Å². The lowest BCUT2D eigenvalue weighted by Crippen LogP contribution is -2.10. The molecular formula is C4H5N2O-. The number of hydroxylamine groups is 2. The van der Waals surface area contributed by atoms with Gasteiger partial charge in [-0.3, -0.25) is 4.99 Å². The van der Waals surface area contributed by atoms with Crippen molar-refractivity contribution in [2.24, 2.45) is 4.99 Å². The molecule has 0 unspecified atom stereocenters. The first-order valence-corrected chi connectivity index (χ1v) is 2.00. The molecule has 0 aromatic carbocycles. The van der Waals surface area contributed by atoms with Gasteiger partial charge in [-0.25, -0.2) is 0 Å². The number of aliphatic imine (C=N–C) groups is 1. The Morgan fingerprint density at radius 2 is 2.57 bits per heavy atom. The molecule has 0 spiro atoms. The molecule has 0 aromatic rings. The van der Waals surface area contributed by atoms with E-state index in [0.717, 1.165) is 5.06 Å². The first kappa shape index (κ1) is 4.33. The molecule has 0 saturated heterocycles. The van der Waals surface area contributed by atoms with E-state index in [1.807, 2.05) is 0 Å². The molecule has 0 radical (unpaired) electrons. The predicted octanol–water partition coefficient (Wildman–Crippen LogP) is 0.342. The van der Waals surface area contributed by atoms with Crippen molar-refractivity contribution in [1.29, 1.82) is 0 Å². The van der Waals surface area contributed by atoms with E-state index in [0.29, 0.717) is 0 Å². The molecule has 7 heavy (non-hydrogen) atoms. The maximum Gasteiger partial charge on any atom is 0.0993 e. The van der Waals surface area contributed by atoms with Crippen molar-refractivity contribution < 1.29 is 0 Å². The van der Waals surface area contributed by atoms with E-state index in [2.05, 4.69) is 4.99 Å². The Kier molecular flexibility index (Phi) is 1.08. The third-order valence-corrected chi connectivity index (χ3v) is 0.665. The van der Waals surface area contributed by atoms with Gasteiger partial charge in [0.1, 0.15) is 0 Å². The van der Waals surface area contributed by atoms with Gasteiger partial charge in [-0.2, -0.15) is 0 Å². The smallest absolute Gasteiger partial charge is 0.0993 e. The van der Waals surface area contributed by atoms with E-state index >= 15 is 0 Å². The molecule has 0 aromatic heterocycles. The molecule has 1 heterocycles. The maximum absolute atomic E-state index is 10.2. The average Bonchev–Trinajstić information content (AvgIpc) is 1.69. The zero-order chi connectivity index (χ0) is 5.11. The van der Waals surface area contributed by atoms with Gasteiger partial charge >= 0.3 is 0 Å².